The second kappa shape index (κ2) is 6.95. The summed E-state index contributed by atoms with van der Waals surface area (Å²) >= 11 is 1.38. The number of hydrogen-bond donors (Lipinski definition) is 1. The highest BCUT2D eigenvalue weighted by molar-refractivity contribution is 7.18. The normalized spacial score (nSPS) is 12.1. The smallest absolute Gasteiger partial charge is 0.253 e. The van der Waals surface area contributed by atoms with E-state index in [1.54, 1.807) is 0 Å². The van der Waals surface area contributed by atoms with Crippen molar-refractivity contribution in [3.63, 3.8) is 0 Å². The van der Waals surface area contributed by atoms with Crippen LogP contribution in [0.1, 0.15) is 11.1 Å². The van der Waals surface area contributed by atoms with Crippen LogP contribution in [0.5, 0.6) is 0 Å². The molecule has 1 aliphatic carbocycles. The largest absolute Gasteiger partial charge is 0.297 e. The Morgan fingerprint density at radius 1 is 1.00 bits per heavy atom. The number of anilines is 1. The van der Waals surface area contributed by atoms with E-state index in [0.29, 0.717) is 11.6 Å². The van der Waals surface area contributed by atoms with Crippen LogP contribution in [0.2, 0.25) is 0 Å². The van der Waals surface area contributed by atoms with E-state index in [9.17, 15) is 4.79 Å². The molecule has 0 unspecified atom stereocenters. The quantitative estimate of drug-likeness (QED) is 0.765. The van der Waals surface area contributed by atoms with Gasteiger partial charge in [-0.1, -0.05) is 65.9 Å². The van der Waals surface area contributed by atoms with Crippen molar-refractivity contribution in [3.05, 3.63) is 71.3 Å². The SMILES string of the molecule is Cl.O=C(Nc1nnc(-c2ccccc2)s1)C1=Cc2ccccc2C1. The molecule has 1 amide bonds. The Labute approximate surface area is 149 Å². The van der Waals surface area contributed by atoms with Gasteiger partial charge in [0, 0.05) is 17.6 Å². The van der Waals surface area contributed by atoms with E-state index in [-0.39, 0.29) is 18.3 Å². The molecule has 6 heteroatoms. The van der Waals surface area contributed by atoms with Crippen LogP contribution in [0.25, 0.3) is 16.6 Å². The lowest BCUT2D eigenvalue weighted by Crippen LogP contribution is -2.14. The molecule has 4 rings (SSSR count). The summed E-state index contributed by atoms with van der Waals surface area (Å²) in [5, 5.41) is 12.4. The first-order chi connectivity index (χ1) is 11.3. The van der Waals surface area contributed by atoms with Crippen LogP contribution in [-0.2, 0) is 11.2 Å². The highest BCUT2D eigenvalue weighted by atomic mass is 35.5. The molecular weight excluding hydrogens is 342 g/mol. The molecule has 1 aliphatic rings. The van der Waals surface area contributed by atoms with Crippen molar-refractivity contribution in [2.45, 2.75) is 6.42 Å². The Morgan fingerprint density at radius 3 is 2.54 bits per heavy atom. The molecule has 0 fully saturated rings. The molecule has 24 heavy (non-hydrogen) atoms. The van der Waals surface area contributed by atoms with Gasteiger partial charge in [-0.05, 0) is 17.2 Å². The molecule has 0 radical (unpaired) electrons. The molecule has 1 heterocycles. The second-order valence-corrected chi connectivity index (χ2v) is 6.26. The topological polar surface area (TPSA) is 54.9 Å². The van der Waals surface area contributed by atoms with E-state index in [2.05, 4.69) is 15.5 Å². The first-order valence-electron chi connectivity index (χ1n) is 7.28. The summed E-state index contributed by atoms with van der Waals surface area (Å²) in [4.78, 5) is 12.4. The maximum Gasteiger partial charge on any atom is 0.253 e. The van der Waals surface area contributed by atoms with Crippen molar-refractivity contribution >= 4 is 40.9 Å². The number of fused-ring (bicyclic) bond motifs is 1. The summed E-state index contributed by atoms with van der Waals surface area (Å²) in [6.07, 6.45) is 2.59. The summed E-state index contributed by atoms with van der Waals surface area (Å²) in [5.74, 6) is -0.114. The van der Waals surface area contributed by atoms with Crippen molar-refractivity contribution in [1.29, 1.82) is 0 Å². The van der Waals surface area contributed by atoms with Gasteiger partial charge in [0.1, 0.15) is 5.01 Å². The summed E-state index contributed by atoms with van der Waals surface area (Å²) in [7, 11) is 0. The van der Waals surface area contributed by atoms with Gasteiger partial charge in [0.2, 0.25) is 5.13 Å². The predicted octanol–water partition coefficient (Wildman–Crippen LogP) is 4.21. The maximum absolute atomic E-state index is 12.4. The van der Waals surface area contributed by atoms with E-state index in [4.69, 9.17) is 0 Å². The van der Waals surface area contributed by atoms with Crippen LogP contribution in [-0.4, -0.2) is 16.1 Å². The van der Waals surface area contributed by atoms with Gasteiger partial charge in [0.15, 0.2) is 0 Å². The van der Waals surface area contributed by atoms with Gasteiger partial charge in [-0.2, -0.15) is 0 Å². The third-order valence-corrected chi connectivity index (χ3v) is 4.61. The van der Waals surface area contributed by atoms with Crippen molar-refractivity contribution in [1.82, 2.24) is 10.2 Å². The average molecular weight is 356 g/mol. The highest BCUT2D eigenvalue weighted by Gasteiger charge is 2.19. The molecule has 4 nitrogen and oxygen atoms in total. The third-order valence-electron chi connectivity index (χ3n) is 3.72. The zero-order valence-electron chi connectivity index (χ0n) is 12.6. The Morgan fingerprint density at radius 2 is 1.75 bits per heavy atom. The molecule has 0 aliphatic heterocycles. The van der Waals surface area contributed by atoms with Crippen molar-refractivity contribution in [2.75, 3.05) is 5.32 Å². The van der Waals surface area contributed by atoms with Gasteiger partial charge < -0.3 is 0 Å². The van der Waals surface area contributed by atoms with Crippen LogP contribution in [0.3, 0.4) is 0 Å². The lowest BCUT2D eigenvalue weighted by Gasteiger charge is -2.01. The first-order valence-corrected chi connectivity index (χ1v) is 8.10. The van der Waals surface area contributed by atoms with Crippen molar-refractivity contribution < 1.29 is 4.79 Å². The van der Waals surface area contributed by atoms with Crippen LogP contribution < -0.4 is 5.32 Å². The number of nitrogens with one attached hydrogen (secondary N) is 1. The Balaban J connectivity index is 0.00000169. The minimum absolute atomic E-state index is 0. The average Bonchev–Trinajstić information content (AvgIpc) is 3.22. The number of amides is 1. The van der Waals surface area contributed by atoms with Crippen molar-refractivity contribution in [2.24, 2.45) is 0 Å². The van der Waals surface area contributed by atoms with Crippen LogP contribution in [0.15, 0.2) is 60.2 Å². The second-order valence-electron chi connectivity index (χ2n) is 5.28. The molecule has 120 valence electrons. The van der Waals surface area contributed by atoms with E-state index < -0.39 is 0 Å². The van der Waals surface area contributed by atoms with Gasteiger partial charge in [0.05, 0.1) is 0 Å². The van der Waals surface area contributed by atoms with Crippen LogP contribution >= 0.6 is 23.7 Å². The number of benzene rings is 2. The standard InChI is InChI=1S/C18H13N3OS.ClH/c22-16(15-10-13-8-4-5-9-14(13)11-15)19-18-21-20-17(23-18)12-6-2-1-3-7-12;/h1-10H,11H2,(H,19,21,22);1H. The number of rotatable bonds is 3. The number of carbonyl (C=O) groups excluding carboxylic acids is 1. The number of carbonyl (C=O) groups is 1. The summed E-state index contributed by atoms with van der Waals surface area (Å²) < 4.78 is 0. The third kappa shape index (κ3) is 3.22. The molecule has 0 spiro atoms. The Hall–Kier alpha value is -2.50. The lowest BCUT2D eigenvalue weighted by atomic mass is 10.1. The molecule has 0 bridgehead atoms. The zero-order valence-corrected chi connectivity index (χ0v) is 14.2. The first kappa shape index (κ1) is 16.4. The molecule has 3 aromatic rings. The monoisotopic (exact) mass is 355 g/mol. The van der Waals surface area contributed by atoms with Gasteiger partial charge >= 0.3 is 0 Å². The van der Waals surface area contributed by atoms with Crippen LogP contribution in [0.4, 0.5) is 5.13 Å². The fourth-order valence-corrected chi connectivity index (χ4v) is 3.32. The molecule has 1 N–H and O–H groups in total. The van der Waals surface area contributed by atoms with E-state index in [1.165, 1.54) is 16.9 Å². The van der Waals surface area contributed by atoms with Crippen molar-refractivity contribution in [3.8, 4) is 10.6 Å². The van der Waals surface area contributed by atoms with Crippen LogP contribution in [0, 0.1) is 0 Å². The molecule has 0 atom stereocenters. The van der Waals surface area contributed by atoms with Gasteiger partial charge in [-0.15, -0.1) is 22.6 Å². The fourth-order valence-electron chi connectivity index (χ4n) is 2.57. The zero-order chi connectivity index (χ0) is 15.6. The molecular formula is C18H14ClN3OS. The molecule has 0 saturated heterocycles. The number of aromatic nitrogens is 2. The van der Waals surface area contributed by atoms with Gasteiger partial charge in [-0.25, -0.2) is 0 Å². The number of nitrogens with zero attached hydrogens (tertiary/aromatic N) is 2. The molecule has 1 aromatic heterocycles. The molecule has 0 saturated carbocycles. The number of hydrogen-bond acceptors (Lipinski definition) is 4. The van der Waals surface area contributed by atoms with Gasteiger partial charge in [0.25, 0.3) is 5.91 Å². The fraction of sp³-hybridized carbons (Fsp3) is 0.0556. The van der Waals surface area contributed by atoms with E-state index >= 15 is 0 Å². The maximum atomic E-state index is 12.4. The minimum atomic E-state index is -0.114. The summed E-state index contributed by atoms with van der Waals surface area (Å²) in [6, 6.07) is 17.9. The Bertz CT molecular complexity index is 905. The number of halogens is 1. The lowest BCUT2D eigenvalue weighted by molar-refractivity contribution is -0.112. The van der Waals surface area contributed by atoms with E-state index in [1.807, 2.05) is 60.7 Å². The highest BCUT2D eigenvalue weighted by Crippen LogP contribution is 2.28. The van der Waals surface area contributed by atoms with Gasteiger partial charge in [-0.3, -0.25) is 10.1 Å². The minimum Gasteiger partial charge on any atom is -0.297 e. The van der Waals surface area contributed by atoms with E-state index in [0.717, 1.165) is 21.7 Å². The Kier molecular flexibility index (Phi) is 4.74. The summed E-state index contributed by atoms with van der Waals surface area (Å²) in [5.41, 5.74) is 4.04. The predicted molar refractivity (Wildman–Crippen MR) is 99.3 cm³/mol. The molecule has 2 aromatic carbocycles. The summed E-state index contributed by atoms with van der Waals surface area (Å²) in [6.45, 7) is 0.